The summed E-state index contributed by atoms with van der Waals surface area (Å²) in [7, 11) is 3.45. The summed E-state index contributed by atoms with van der Waals surface area (Å²) in [5.41, 5.74) is 0.226. The summed E-state index contributed by atoms with van der Waals surface area (Å²) in [4.78, 5) is 7.58. The summed E-state index contributed by atoms with van der Waals surface area (Å²) in [6, 6.07) is 0. The number of aromatic nitrogens is 3. The fraction of sp³-hybridized carbons (Fsp3) is 0.462. The van der Waals surface area contributed by atoms with Gasteiger partial charge < -0.3 is 10.6 Å². The number of guanidine groups is 1. The second kappa shape index (κ2) is 7.44. The van der Waals surface area contributed by atoms with Gasteiger partial charge in [0.25, 0.3) is 0 Å². The average Bonchev–Trinajstić information content (AvgIpc) is 3.11. The molecule has 2 rings (SSSR count). The van der Waals surface area contributed by atoms with Gasteiger partial charge in [0.05, 0.1) is 12.7 Å². The summed E-state index contributed by atoms with van der Waals surface area (Å²) in [5, 5.41) is 11.5. The molecule has 0 saturated carbocycles. The molecule has 6 nitrogen and oxygen atoms in total. The Morgan fingerprint density at radius 3 is 2.74 bits per heavy atom. The summed E-state index contributed by atoms with van der Waals surface area (Å²) in [6.45, 7) is 0.824. The molecule has 0 unspecified atom stereocenters. The van der Waals surface area contributed by atoms with Crippen LogP contribution in [0, 0.1) is 0 Å². The summed E-state index contributed by atoms with van der Waals surface area (Å²) in [5.74, 6) is 0.512. The van der Waals surface area contributed by atoms with E-state index in [0.717, 1.165) is 28.7 Å². The first kappa shape index (κ1) is 17.3. The maximum atomic E-state index is 12.5. The monoisotopic (exact) mass is 346 g/mol. The quantitative estimate of drug-likeness (QED) is 0.640. The van der Waals surface area contributed by atoms with Gasteiger partial charge in [-0.3, -0.25) is 9.67 Å². The zero-order valence-electron chi connectivity index (χ0n) is 12.7. The minimum absolute atomic E-state index is 0.188. The van der Waals surface area contributed by atoms with E-state index in [-0.39, 0.29) is 6.54 Å². The zero-order valence-corrected chi connectivity index (χ0v) is 13.5. The van der Waals surface area contributed by atoms with Crippen LogP contribution in [0.3, 0.4) is 0 Å². The molecule has 23 heavy (non-hydrogen) atoms. The number of rotatable bonds is 5. The first-order valence-electron chi connectivity index (χ1n) is 6.82. The predicted octanol–water partition coefficient (Wildman–Crippen LogP) is 1.80. The largest absolute Gasteiger partial charge is 0.434 e. The molecule has 10 heteroatoms. The molecule has 0 bridgehead atoms. The number of hydrogen-bond acceptors (Lipinski definition) is 4. The van der Waals surface area contributed by atoms with Crippen molar-refractivity contribution < 1.29 is 13.2 Å². The van der Waals surface area contributed by atoms with Crippen molar-refractivity contribution in [2.45, 2.75) is 19.1 Å². The van der Waals surface area contributed by atoms with Crippen molar-refractivity contribution in [3.63, 3.8) is 0 Å². The van der Waals surface area contributed by atoms with Crippen LogP contribution >= 0.6 is 11.3 Å². The molecule has 0 aliphatic rings. The molecule has 0 saturated heterocycles. The molecule has 0 aliphatic carbocycles. The van der Waals surface area contributed by atoms with Crippen LogP contribution in [0.25, 0.3) is 0 Å². The standard InChI is InChI=1S/C13H17F3N6S/c1-17-12(18-4-3-9-5-20-22(2)7-9)19-6-11-21-10(8-23-11)13(14,15)16/h5,7-8H,3-4,6H2,1-2H3,(H2,17,18,19). The Morgan fingerprint density at radius 1 is 1.39 bits per heavy atom. The lowest BCUT2D eigenvalue weighted by molar-refractivity contribution is -0.140. The number of hydrogen-bond donors (Lipinski definition) is 2. The first-order chi connectivity index (χ1) is 10.9. The number of thiazole rings is 1. The number of aliphatic imine (C=N–C) groups is 1. The average molecular weight is 346 g/mol. The van der Waals surface area contributed by atoms with Crippen molar-refractivity contribution in [1.82, 2.24) is 25.4 Å². The summed E-state index contributed by atoms with van der Waals surface area (Å²) >= 11 is 0.965. The molecule has 0 radical (unpaired) electrons. The van der Waals surface area contributed by atoms with Crippen LogP contribution in [0.1, 0.15) is 16.3 Å². The number of nitrogens with one attached hydrogen (secondary N) is 2. The van der Waals surface area contributed by atoms with Crippen LogP contribution in [0.4, 0.5) is 13.2 Å². The van der Waals surface area contributed by atoms with Crippen LogP contribution < -0.4 is 10.6 Å². The van der Waals surface area contributed by atoms with E-state index in [1.807, 2.05) is 13.2 Å². The van der Waals surface area contributed by atoms with Gasteiger partial charge in [-0.1, -0.05) is 0 Å². The maximum absolute atomic E-state index is 12.5. The zero-order chi connectivity index (χ0) is 16.9. The van der Waals surface area contributed by atoms with Gasteiger partial charge in [-0.15, -0.1) is 11.3 Å². The molecule has 2 N–H and O–H groups in total. The fourth-order valence-corrected chi connectivity index (χ4v) is 2.57. The second-order valence-electron chi connectivity index (χ2n) is 4.75. The lowest BCUT2D eigenvalue weighted by Crippen LogP contribution is -2.37. The minimum atomic E-state index is -4.40. The molecule has 0 amide bonds. The third-order valence-corrected chi connectivity index (χ3v) is 3.79. The number of nitrogens with zero attached hydrogens (tertiary/aromatic N) is 4. The third kappa shape index (κ3) is 5.23. The van der Waals surface area contributed by atoms with Crippen LogP contribution in [0.15, 0.2) is 22.8 Å². The van der Waals surface area contributed by atoms with Gasteiger partial charge >= 0.3 is 6.18 Å². The minimum Gasteiger partial charge on any atom is -0.356 e. The maximum Gasteiger partial charge on any atom is 0.434 e. The van der Waals surface area contributed by atoms with Gasteiger partial charge in [0.2, 0.25) is 0 Å². The Bertz CT molecular complexity index is 661. The number of alkyl halides is 3. The predicted molar refractivity (Wildman–Crippen MR) is 82.2 cm³/mol. The Labute approximate surface area is 135 Å². The van der Waals surface area contributed by atoms with Gasteiger partial charge in [0, 0.05) is 32.2 Å². The van der Waals surface area contributed by atoms with E-state index in [1.165, 1.54) is 0 Å². The van der Waals surface area contributed by atoms with Crippen molar-refractivity contribution >= 4 is 17.3 Å². The summed E-state index contributed by atoms with van der Waals surface area (Å²) < 4.78 is 39.2. The molecular weight excluding hydrogens is 329 g/mol. The van der Waals surface area contributed by atoms with Gasteiger partial charge in [-0.05, 0) is 12.0 Å². The van der Waals surface area contributed by atoms with Gasteiger partial charge in [0.15, 0.2) is 11.7 Å². The van der Waals surface area contributed by atoms with Crippen molar-refractivity contribution in [3.8, 4) is 0 Å². The van der Waals surface area contributed by atoms with Crippen LogP contribution in [0.2, 0.25) is 0 Å². The normalized spacial score (nSPS) is 12.5. The molecule has 126 valence electrons. The van der Waals surface area contributed by atoms with Crippen molar-refractivity contribution in [3.05, 3.63) is 34.0 Å². The van der Waals surface area contributed by atoms with E-state index in [1.54, 1.807) is 17.9 Å². The third-order valence-electron chi connectivity index (χ3n) is 2.94. The molecule has 2 aromatic heterocycles. The van der Waals surface area contributed by atoms with Gasteiger partial charge in [-0.2, -0.15) is 18.3 Å². The Hall–Kier alpha value is -2.10. The van der Waals surface area contributed by atoms with Gasteiger partial charge in [0.1, 0.15) is 5.01 Å². The molecular formula is C13H17F3N6S. The van der Waals surface area contributed by atoms with E-state index >= 15 is 0 Å². The molecule has 0 aromatic carbocycles. The highest BCUT2D eigenvalue weighted by molar-refractivity contribution is 7.09. The van der Waals surface area contributed by atoms with Crippen LogP contribution in [-0.2, 0) is 26.2 Å². The highest BCUT2D eigenvalue weighted by Gasteiger charge is 2.33. The highest BCUT2D eigenvalue weighted by Crippen LogP contribution is 2.29. The second-order valence-corrected chi connectivity index (χ2v) is 5.69. The number of halogens is 3. The SMILES string of the molecule is CN=C(NCCc1cnn(C)c1)NCc1nc(C(F)(F)F)cs1. The molecule has 2 aromatic rings. The lowest BCUT2D eigenvalue weighted by Gasteiger charge is -2.10. The lowest BCUT2D eigenvalue weighted by atomic mass is 10.2. The van der Waals surface area contributed by atoms with Crippen LogP contribution in [-0.4, -0.2) is 34.3 Å². The van der Waals surface area contributed by atoms with E-state index in [4.69, 9.17) is 0 Å². The molecule has 0 atom stereocenters. The van der Waals surface area contributed by atoms with E-state index in [0.29, 0.717) is 17.5 Å². The van der Waals surface area contributed by atoms with E-state index in [2.05, 4.69) is 25.7 Å². The van der Waals surface area contributed by atoms with Crippen LogP contribution in [0.5, 0.6) is 0 Å². The molecule has 0 fully saturated rings. The Kier molecular flexibility index (Phi) is 5.59. The van der Waals surface area contributed by atoms with Gasteiger partial charge in [-0.25, -0.2) is 4.98 Å². The first-order valence-corrected chi connectivity index (χ1v) is 7.70. The highest BCUT2D eigenvalue weighted by atomic mass is 32.1. The Balaban J connectivity index is 1.77. The van der Waals surface area contributed by atoms with Crippen molar-refractivity contribution in [1.29, 1.82) is 0 Å². The molecule has 0 spiro atoms. The number of aryl methyl sites for hydroxylation is 1. The summed E-state index contributed by atoms with van der Waals surface area (Å²) in [6.07, 6.45) is 0.0701. The molecule has 0 aliphatic heterocycles. The molecule has 2 heterocycles. The fourth-order valence-electron chi connectivity index (χ4n) is 1.83. The smallest absolute Gasteiger partial charge is 0.356 e. The van der Waals surface area contributed by atoms with Crippen molar-refractivity contribution in [2.75, 3.05) is 13.6 Å². The Morgan fingerprint density at radius 2 is 2.17 bits per heavy atom. The topological polar surface area (TPSA) is 67.1 Å². The van der Waals surface area contributed by atoms with E-state index < -0.39 is 11.9 Å². The van der Waals surface area contributed by atoms with Crippen molar-refractivity contribution in [2.24, 2.45) is 12.0 Å². The van der Waals surface area contributed by atoms with E-state index in [9.17, 15) is 13.2 Å².